The Morgan fingerprint density at radius 3 is 2.32 bits per heavy atom. The van der Waals surface area contributed by atoms with E-state index in [0.29, 0.717) is 5.56 Å². The van der Waals surface area contributed by atoms with Crippen molar-refractivity contribution in [3.05, 3.63) is 48.0 Å². The smallest absolute Gasteiger partial charge is 0.166 e. The number of phenolic OH excluding ortho intramolecular Hbond substituents is 2. The zero-order valence-electron chi connectivity index (χ0n) is 10.9. The number of anilines is 1. The van der Waals surface area contributed by atoms with Gasteiger partial charge in [-0.25, -0.2) is 0 Å². The fourth-order valence-corrected chi connectivity index (χ4v) is 1.63. The lowest BCUT2D eigenvalue weighted by Gasteiger charge is -2.11. The van der Waals surface area contributed by atoms with Crippen LogP contribution in [0.5, 0.6) is 11.5 Å². The molecule has 2 N–H and O–H groups in total. The molecule has 0 radical (unpaired) electrons. The van der Waals surface area contributed by atoms with Gasteiger partial charge in [0.2, 0.25) is 0 Å². The summed E-state index contributed by atoms with van der Waals surface area (Å²) >= 11 is 0. The number of para-hydroxylation sites is 1. The van der Waals surface area contributed by atoms with Crippen molar-refractivity contribution in [2.45, 2.75) is 0 Å². The molecular weight excluding hydrogens is 240 g/mol. The van der Waals surface area contributed by atoms with Crippen LogP contribution in [0, 0.1) is 0 Å². The Labute approximate surface area is 112 Å². The third-order valence-corrected chi connectivity index (χ3v) is 2.76. The van der Waals surface area contributed by atoms with Gasteiger partial charge in [0.15, 0.2) is 11.5 Å². The van der Waals surface area contributed by atoms with E-state index in [-0.39, 0.29) is 11.5 Å². The van der Waals surface area contributed by atoms with Crippen LogP contribution in [0.3, 0.4) is 0 Å². The molecule has 0 unspecified atom stereocenters. The Hall–Kier alpha value is -2.49. The minimum Gasteiger partial charge on any atom is -0.504 e. The number of hydrogen-bond acceptors (Lipinski definition) is 4. The fourth-order valence-electron chi connectivity index (χ4n) is 1.63. The average molecular weight is 256 g/mol. The van der Waals surface area contributed by atoms with Crippen LogP contribution in [0.2, 0.25) is 0 Å². The molecule has 19 heavy (non-hydrogen) atoms. The minimum atomic E-state index is -0.156. The molecule has 2 aromatic rings. The first-order chi connectivity index (χ1) is 9.08. The second-order valence-electron chi connectivity index (χ2n) is 4.38. The molecule has 2 aromatic carbocycles. The zero-order valence-corrected chi connectivity index (χ0v) is 10.9. The highest BCUT2D eigenvalue weighted by Gasteiger charge is 2.02. The molecule has 4 heteroatoms. The lowest BCUT2D eigenvalue weighted by molar-refractivity contribution is 0.403. The van der Waals surface area contributed by atoms with E-state index >= 15 is 0 Å². The van der Waals surface area contributed by atoms with E-state index in [0.717, 1.165) is 11.4 Å². The van der Waals surface area contributed by atoms with E-state index in [2.05, 4.69) is 4.99 Å². The highest BCUT2D eigenvalue weighted by molar-refractivity contribution is 5.86. The van der Waals surface area contributed by atoms with Crippen LogP contribution < -0.4 is 4.90 Å². The summed E-state index contributed by atoms with van der Waals surface area (Å²) in [6.45, 7) is 0. The Kier molecular flexibility index (Phi) is 3.71. The second-order valence-corrected chi connectivity index (χ2v) is 4.38. The molecule has 0 bridgehead atoms. The molecule has 0 saturated heterocycles. The number of hydrogen-bond donors (Lipinski definition) is 2. The summed E-state index contributed by atoms with van der Waals surface area (Å²) in [5.41, 5.74) is 2.36. The van der Waals surface area contributed by atoms with Crippen molar-refractivity contribution in [2.75, 3.05) is 19.0 Å². The first-order valence-electron chi connectivity index (χ1n) is 5.90. The molecule has 0 aliphatic carbocycles. The normalized spacial score (nSPS) is 10.8. The summed E-state index contributed by atoms with van der Waals surface area (Å²) in [6.07, 6.45) is 1.53. The summed E-state index contributed by atoms with van der Waals surface area (Å²) in [5, 5.41) is 19.0. The van der Waals surface area contributed by atoms with Crippen LogP contribution in [-0.4, -0.2) is 30.5 Å². The van der Waals surface area contributed by atoms with Crippen molar-refractivity contribution in [2.24, 2.45) is 4.99 Å². The molecule has 4 nitrogen and oxygen atoms in total. The molecule has 0 atom stereocenters. The van der Waals surface area contributed by atoms with Crippen LogP contribution in [-0.2, 0) is 0 Å². The molecule has 0 saturated carbocycles. The van der Waals surface area contributed by atoms with Gasteiger partial charge in [0.1, 0.15) is 0 Å². The number of nitrogens with zero attached hydrogens (tertiary/aromatic N) is 2. The first-order valence-corrected chi connectivity index (χ1v) is 5.90. The quantitative estimate of drug-likeness (QED) is 0.655. The van der Waals surface area contributed by atoms with Crippen LogP contribution in [0.15, 0.2) is 47.5 Å². The van der Waals surface area contributed by atoms with Gasteiger partial charge in [0, 0.05) is 31.6 Å². The molecule has 0 fully saturated rings. The molecule has 98 valence electrons. The van der Waals surface area contributed by atoms with Crippen molar-refractivity contribution in [3.8, 4) is 11.5 Å². The van der Waals surface area contributed by atoms with Crippen molar-refractivity contribution in [1.82, 2.24) is 0 Å². The summed E-state index contributed by atoms with van der Waals surface area (Å²) in [4.78, 5) is 6.27. The molecule has 2 rings (SSSR count). The van der Waals surface area contributed by atoms with Gasteiger partial charge in [-0.15, -0.1) is 0 Å². The number of aliphatic imine (C=N–C) groups is 1. The number of aromatic hydroxyl groups is 2. The summed E-state index contributed by atoms with van der Waals surface area (Å²) in [5.74, 6) is -0.303. The van der Waals surface area contributed by atoms with Crippen molar-refractivity contribution < 1.29 is 10.2 Å². The Bertz CT molecular complexity index is 590. The van der Waals surface area contributed by atoms with Gasteiger partial charge in [0.25, 0.3) is 0 Å². The van der Waals surface area contributed by atoms with Gasteiger partial charge in [-0.05, 0) is 36.4 Å². The topological polar surface area (TPSA) is 56.1 Å². The Balaban J connectivity index is 2.20. The Morgan fingerprint density at radius 1 is 1.00 bits per heavy atom. The molecule has 0 aromatic heterocycles. The van der Waals surface area contributed by atoms with Crippen molar-refractivity contribution in [1.29, 1.82) is 0 Å². The number of rotatable bonds is 3. The Morgan fingerprint density at radius 2 is 1.68 bits per heavy atom. The highest BCUT2D eigenvalue weighted by Crippen LogP contribution is 2.27. The third kappa shape index (κ3) is 3.04. The van der Waals surface area contributed by atoms with Crippen molar-refractivity contribution >= 4 is 17.6 Å². The SMILES string of the molecule is CN(C)c1ccc(N=Cc2cccc(O)c2O)cc1. The summed E-state index contributed by atoms with van der Waals surface area (Å²) < 4.78 is 0. The first kappa shape index (κ1) is 13.0. The van der Waals surface area contributed by atoms with E-state index in [9.17, 15) is 10.2 Å². The average Bonchev–Trinajstić information content (AvgIpc) is 2.41. The van der Waals surface area contributed by atoms with Crippen LogP contribution in [0.4, 0.5) is 11.4 Å². The molecular formula is C15H16N2O2. The largest absolute Gasteiger partial charge is 0.504 e. The predicted octanol–water partition coefficient (Wildman–Crippen LogP) is 2.91. The van der Waals surface area contributed by atoms with Gasteiger partial charge >= 0.3 is 0 Å². The summed E-state index contributed by atoms with van der Waals surface area (Å²) in [7, 11) is 3.95. The van der Waals surface area contributed by atoms with E-state index < -0.39 is 0 Å². The van der Waals surface area contributed by atoms with Gasteiger partial charge in [-0.2, -0.15) is 0 Å². The fraction of sp³-hybridized carbons (Fsp3) is 0.133. The van der Waals surface area contributed by atoms with E-state index in [4.69, 9.17) is 0 Å². The second kappa shape index (κ2) is 5.44. The van der Waals surface area contributed by atoms with E-state index in [1.165, 1.54) is 12.3 Å². The van der Waals surface area contributed by atoms with Crippen molar-refractivity contribution in [3.63, 3.8) is 0 Å². The zero-order chi connectivity index (χ0) is 13.8. The highest BCUT2D eigenvalue weighted by atomic mass is 16.3. The van der Waals surface area contributed by atoms with Crippen LogP contribution in [0.1, 0.15) is 5.56 Å². The van der Waals surface area contributed by atoms with Gasteiger partial charge < -0.3 is 15.1 Å². The van der Waals surface area contributed by atoms with Gasteiger partial charge in [0.05, 0.1) is 5.69 Å². The molecule has 0 aliphatic heterocycles. The number of phenols is 2. The number of benzene rings is 2. The maximum atomic E-state index is 9.64. The monoisotopic (exact) mass is 256 g/mol. The minimum absolute atomic E-state index is 0.146. The maximum Gasteiger partial charge on any atom is 0.166 e. The lowest BCUT2D eigenvalue weighted by atomic mass is 10.2. The van der Waals surface area contributed by atoms with Gasteiger partial charge in [-0.1, -0.05) is 6.07 Å². The standard InChI is InChI=1S/C15H16N2O2/c1-17(2)13-8-6-12(7-9-13)16-10-11-4-3-5-14(18)15(11)19/h3-10,18-19H,1-2H3. The van der Waals surface area contributed by atoms with E-state index in [1.54, 1.807) is 12.1 Å². The van der Waals surface area contributed by atoms with Gasteiger partial charge in [-0.3, -0.25) is 4.99 Å². The maximum absolute atomic E-state index is 9.64. The third-order valence-electron chi connectivity index (χ3n) is 2.76. The molecule has 0 heterocycles. The van der Waals surface area contributed by atoms with Crippen LogP contribution in [0.25, 0.3) is 0 Å². The summed E-state index contributed by atoms with van der Waals surface area (Å²) in [6, 6.07) is 12.5. The molecule has 0 amide bonds. The van der Waals surface area contributed by atoms with E-state index in [1.807, 2.05) is 43.3 Å². The molecule has 0 spiro atoms. The molecule has 0 aliphatic rings. The predicted molar refractivity (Wildman–Crippen MR) is 77.8 cm³/mol. The lowest BCUT2D eigenvalue weighted by Crippen LogP contribution is -2.07. The van der Waals surface area contributed by atoms with Crippen LogP contribution >= 0.6 is 0 Å².